The highest BCUT2D eigenvalue weighted by molar-refractivity contribution is 7.85. The molecule has 3 aromatic rings. The third kappa shape index (κ3) is 3.49. The molecule has 2 amide bonds. The Balaban J connectivity index is 0.000000160. The Morgan fingerprint density at radius 3 is 2.15 bits per heavy atom. The molecule has 0 saturated carbocycles. The van der Waals surface area contributed by atoms with E-state index in [-0.39, 0.29) is 16.7 Å². The minimum Gasteiger partial charge on any atom is -0.288 e. The minimum atomic E-state index is -4.02. The van der Waals surface area contributed by atoms with E-state index in [4.69, 9.17) is 4.55 Å². The molecule has 0 aromatic heterocycles. The van der Waals surface area contributed by atoms with E-state index >= 15 is 0 Å². The number of imide groups is 1. The molecule has 26 heavy (non-hydrogen) atoms. The van der Waals surface area contributed by atoms with E-state index in [1.807, 2.05) is 37.3 Å². The SMILES string of the molecule is Cc1ccc(S(=O)(=O)O)cc1.O=C1NC(=O)c2c1ccc1ccccc21. The topological polar surface area (TPSA) is 101 Å². The Labute approximate surface area is 150 Å². The van der Waals surface area contributed by atoms with Crippen LogP contribution in [0, 0.1) is 6.92 Å². The van der Waals surface area contributed by atoms with E-state index in [2.05, 4.69) is 5.32 Å². The number of benzene rings is 3. The fraction of sp³-hybridized carbons (Fsp3) is 0.0526. The van der Waals surface area contributed by atoms with Gasteiger partial charge in [0.2, 0.25) is 0 Å². The maximum Gasteiger partial charge on any atom is 0.294 e. The Morgan fingerprint density at radius 1 is 0.846 bits per heavy atom. The average Bonchev–Trinajstić information content (AvgIpc) is 2.89. The standard InChI is InChI=1S/C12H7NO2.C7H8O3S/c14-11-9-6-5-7-3-1-2-4-8(7)10(9)12(15)13-11;1-6-2-4-7(5-3-6)11(8,9)10/h1-6H,(H,13,14,15);2-5H,1H3,(H,8,9,10). The summed E-state index contributed by atoms with van der Waals surface area (Å²) in [6.07, 6.45) is 0. The van der Waals surface area contributed by atoms with Crippen LogP contribution in [0.4, 0.5) is 0 Å². The monoisotopic (exact) mass is 369 g/mol. The van der Waals surface area contributed by atoms with E-state index in [1.165, 1.54) is 12.1 Å². The van der Waals surface area contributed by atoms with Crippen LogP contribution in [-0.4, -0.2) is 24.8 Å². The van der Waals surface area contributed by atoms with Crippen molar-refractivity contribution < 1.29 is 22.6 Å². The first kappa shape index (κ1) is 17.8. The lowest BCUT2D eigenvalue weighted by Crippen LogP contribution is -2.19. The van der Waals surface area contributed by atoms with Gasteiger partial charge in [-0.25, -0.2) is 0 Å². The molecule has 4 rings (SSSR count). The van der Waals surface area contributed by atoms with Crippen molar-refractivity contribution in [3.05, 3.63) is 77.4 Å². The van der Waals surface area contributed by atoms with Crippen LogP contribution in [0.1, 0.15) is 26.3 Å². The second-order valence-electron chi connectivity index (χ2n) is 5.78. The van der Waals surface area contributed by atoms with Gasteiger partial charge in [-0.05, 0) is 35.9 Å². The van der Waals surface area contributed by atoms with Crippen molar-refractivity contribution in [1.82, 2.24) is 5.32 Å². The summed E-state index contributed by atoms with van der Waals surface area (Å²) in [7, 11) is -4.02. The second-order valence-corrected chi connectivity index (χ2v) is 7.20. The molecular formula is C19H15NO5S. The van der Waals surface area contributed by atoms with Crippen LogP contribution in [0.15, 0.2) is 65.6 Å². The molecule has 0 bridgehead atoms. The van der Waals surface area contributed by atoms with Gasteiger partial charge in [0.1, 0.15) is 0 Å². The highest BCUT2D eigenvalue weighted by atomic mass is 32.2. The molecule has 1 aliphatic rings. The van der Waals surface area contributed by atoms with Crippen LogP contribution in [-0.2, 0) is 10.1 Å². The Hall–Kier alpha value is -3.03. The van der Waals surface area contributed by atoms with Gasteiger partial charge in [-0.15, -0.1) is 0 Å². The van der Waals surface area contributed by atoms with Gasteiger partial charge in [-0.3, -0.25) is 19.5 Å². The highest BCUT2D eigenvalue weighted by Crippen LogP contribution is 2.25. The van der Waals surface area contributed by atoms with Crippen LogP contribution in [0.2, 0.25) is 0 Å². The number of rotatable bonds is 1. The van der Waals surface area contributed by atoms with E-state index in [0.717, 1.165) is 16.3 Å². The summed E-state index contributed by atoms with van der Waals surface area (Å²) in [6.45, 7) is 1.84. The number of aryl methyl sites for hydroxylation is 1. The molecule has 2 N–H and O–H groups in total. The van der Waals surface area contributed by atoms with Gasteiger partial charge in [0.15, 0.2) is 0 Å². The molecule has 0 fully saturated rings. The van der Waals surface area contributed by atoms with Crippen molar-refractivity contribution in [2.45, 2.75) is 11.8 Å². The van der Waals surface area contributed by atoms with E-state index in [1.54, 1.807) is 18.2 Å². The zero-order chi connectivity index (χ0) is 18.9. The lowest BCUT2D eigenvalue weighted by Gasteiger charge is -2.00. The average molecular weight is 369 g/mol. The van der Waals surface area contributed by atoms with Gasteiger partial charge in [0.05, 0.1) is 16.0 Å². The predicted molar refractivity (Wildman–Crippen MR) is 96.7 cm³/mol. The van der Waals surface area contributed by atoms with Crippen LogP contribution in [0.5, 0.6) is 0 Å². The fourth-order valence-corrected chi connectivity index (χ4v) is 3.13. The van der Waals surface area contributed by atoms with Crippen LogP contribution in [0.25, 0.3) is 10.8 Å². The van der Waals surface area contributed by atoms with Gasteiger partial charge in [0, 0.05) is 0 Å². The summed E-state index contributed by atoms with van der Waals surface area (Å²) >= 11 is 0. The van der Waals surface area contributed by atoms with Crippen LogP contribution >= 0.6 is 0 Å². The number of amides is 2. The first-order valence-electron chi connectivity index (χ1n) is 7.69. The number of nitrogens with one attached hydrogen (secondary N) is 1. The summed E-state index contributed by atoms with van der Waals surface area (Å²) in [5.41, 5.74) is 1.93. The van der Waals surface area contributed by atoms with Crippen molar-refractivity contribution in [1.29, 1.82) is 0 Å². The Morgan fingerprint density at radius 2 is 1.50 bits per heavy atom. The molecule has 0 radical (unpaired) electrons. The summed E-state index contributed by atoms with van der Waals surface area (Å²) < 4.78 is 29.6. The third-order valence-electron chi connectivity index (χ3n) is 3.95. The Kier molecular flexibility index (Phi) is 4.58. The number of carbonyl (C=O) groups excluding carboxylic acids is 2. The first-order valence-corrected chi connectivity index (χ1v) is 9.13. The van der Waals surface area contributed by atoms with Gasteiger partial charge in [-0.2, -0.15) is 8.42 Å². The number of hydrogen-bond donors (Lipinski definition) is 2. The molecule has 0 atom stereocenters. The molecule has 1 heterocycles. The summed E-state index contributed by atoms with van der Waals surface area (Å²) in [5.74, 6) is -0.604. The predicted octanol–water partition coefficient (Wildman–Crippen LogP) is 2.97. The van der Waals surface area contributed by atoms with E-state index in [9.17, 15) is 18.0 Å². The largest absolute Gasteiger partial charge is 0.294 e. The molecule has 3 aromatic carbocycles. The summed E-state index contributed by atoms with van der Waals surface area (Å²) in [5, 5.41) is 4.10. The number of hydrogen-bond acceptors (Lipinski definition) is 4. The second kappa shape index (κ2) is 6.70. The van der Waals surface area contributed by atoms with Gasteiger partial charge >= 0.3 is 0 Å². The van der Waals surface area contributed by atoms with Gasteiger partial charge in [0.25, 0.3) is 21.9 Å². The molecule has 1 aliphatic heterocycles. The quantitative estimate of drug-likeness (QED) is 0.507. The lowest BCUT2D eigenvalue weighted by molar-refractivity contribution is 0.0880. The smallest absolute Gasteiger partial charge is 0.288 e. The normalized spacial score (nSPS) is 13.0. The molecule has 132 valence electrons. The molecule has 6 nitrogen and oxygen atoms in total. The summed E-state index contributed by atoms with van der Waals surface area (Å²) in [6, 6.07) is 17.1. The number of fused-ring (bicyclic) bond motifs is 3. The molecule has 7 heteroatoms. The maximum atomic E-state index is 11.6. The molecule has 0 spiro atoms. The molecule has 0 unspecified atom stereocenters. The van der Waals surface area contributed by atoms with Crippen molar-refractivity contribution in [3.8, 4) is 0 Å². The molecular weight excluding hydrogens is 354 g/mol. The molecule has 0 saturated heterocycles. The lowest BCUT2D eigenvalue weighted by atomic mass is 10.0. The van der Waals surface area contributed by atoms with Crippen molar-refractivity contribution in [3.63, 3.8) is 0 Å². The zero-order valence-corrected chi connectivity index (χ0v) is 14.6. The summed E-state index contributed by atoms with van der Waals surface area (Å²) in [4.78, 5) is 22.9. The fourth-order valence-electron chi connectivity index (χ4n) is 2.65. The molecule has 0 aliphatic carbocycles. The van der Waals surface area contributed by atoms with Crippen molar-refractivity contribution in [2.75, 3.05) is 0 Å². The third-order valence-corrected chi connectivity index (χ3v) is 4.81. The Bertz CT molecular complexity index is 1120. The van der Waals surface area contributed by atoms with Crippen molar-refractivity contribution in [2.24, 2.45) is 0 Å². The highest BCUT2D eigenvalue weighted by Gasteiger charge is 2.28. The van der Waals surface area contributed by atoms with E-state index in [0.29, 0.717) is 11.1 Å². The number of carbonyl (C=O) groups is 2. The van der Waals surface area contributed by atoms with Gasteiger partial charge in [-0.1, -0.05) is 48.0 Å². The minimum absolute atomic E-state index is 0.0666. The maximum absolute atomic E-state index is 11.6. The first-order chi connectivity index (χ1) is 12.3. The van der Waals surface area contributed by atoms with Crippen LogP contribution in [0.3, 0.4) is 0 Å². The van der Waals surface area contributed by atoms with E-state index < -0.39 is 10.1 Å². The van der Waals surface area contributed by atoms with Gasteiger partial charge < -0.3 is 0 Å². The zero-order valence-electron chi connectivity index (χ0n) is 13.8. The van der Waals surface area contributed by atoms with Crippen molar-refractivity contribution >= 4 is 32.7 Å². The van der Waals surface area contributed by atoms with Crippen LogP contribution < -0.4 is 5.32 Å².